The first-order valence-corrected chi connectivity index (χ1v) is 9.44. The maximum absolute atomic E-state index is 14.6. The number of rotatable bonds is 4. The first-order chi connectivity index (χ1) is 13.4. The summed E-state index contributed by atoms with van der Waals surface area (Å²) in [6, 6.07) is 10.8. The van der Waals surface area contributed by atoms with Crippen molar-refractivity contribution in [3.8, 4) is 6.07 Å². The second kappa shape index (κ2) is 8.26. The number of nitrogens with zero attached hydrogens (tertiary/aromatic N) is 2. The van der Waals surface area contributed by atoms with E-state index in [1.54, 1.807) is 6.07 Å². The van der Waals surface area contributed by atoms with Crippen molar-refractivity contribution in [3.63, 3.8) is 0 Å². The molecule has 1 saturated heterocycles. The van der Waals surface area contributed by atoms with Gasteiger partial charge in [-0.2, -0.15) is 5.26 Å². The van der Waals surface area contributed by atoms with Crippen molar-refractivity contribution in [2.24, 2.45) is 0 Å². The highest BCUT2D eigenvalue weighted by Gasteiger charge is 2.18. The van der Waals surface area contributed by atoms with Crippen LogP contribution in [-0.4, -0.2) is 19.0 Å². The van der Waals surface area contributed by atoms with Crippen molar-refractivity contribution in [2.45, 2.75) is 33.6 Å². The van der Waals surface area contributed by atoms with Crippen LogP contribution in [0.1, 0.15) is 35.1 Å². The molecular formula is C23H24FN3O. The number of anilines is 2. The van der Waals surface area contributed by atoms with Crippen LogP contribution in [0.3, 0.4) is 0 Å². The third kappa shape index (κ3) is 4.40. The van der Waals surface area contributed by atoms with Crippen LogP contribution in [0.2, 0.25) is 0 Å². The smallest absolute Gasteiger partial charge is 0.266 e. The van der Waals surface area contributed by atoms with Crippen molar-refractivity contribution in [3.05, 3.63) is 64.0 Å². The van der Waals surface area contributed by atoms with E-state index >= 15 is 0 Å². The molecule has 2 aromatic rings. The third-order valence-corrected chi connectivity index (χ3v) is 4.93. The Bertz CT molecular complexity index is 962. The number of carbonyl (C=O) groups is 1. The fraction of sp³-hybridized carbons (Fsp3) is 0.304. The topological polar surface area (TPSA) is 56.1 Å². The van der Waals surface area contributed by atoms with E-state index in [9.17, 15) is 14.4 Å². The Kier molecular flexibility index (Phi) is 5.79. The molecule has 1 aliphatic rings. The number of nitriles is 1. The third-order valence-electron chi connectivity index (χ3n) is 4.93. The quantitative estimate of drug-likeness (QED) is 0.609. The first kappa shape index (κ1) is 19.6. The highest BCUT2D eigenvalue weighted by atomic mass is 19.1. The Morgan fingerprint density at radius 2 is 1.75 bits per heavy atom. The SMILES string of the molecule is Cc1cc(C)cc(NC(=O)/C(C#N)=C\c2cc(F)c(N3CCCC3)cc2C)c1. The fourth-order valence-electron chi connectivity index (χ4n) is 3.59. The van der Waals surface area contributed by atoms with Gasteiger partial charge in [0.25, 0.3) is 5.91 Å². The molecule has 1 heterocycles. The molecule has 0 radical (unpaired) electrons. The number of nitrogens with one attached hydrogen (secondary N) is 1. The molecule has 2 aromatic carbocycles. The number of halogens is 1. The Morgan fingerprint density at radius 1 is 1.11 bits per heavy atom. The molecule has 0 saturated carbocycles. The van der Waals surface area contributed by atoms with E-state index in [1.165, 1.54) is 12.1 Å². The molecule has 28 heavy (non-hydrogen) atoms. The highest BCUT2D eigenvalue weighted by molar-refractivity contribution is 6.09. The van der Waals surface area contributed by atoms with Gasteiger partial charge in [0, 0.05) is 18.8 Å². The van der Waals surface area contributed by atoms with Crippen LogP contribution < -0.4 is 10.2 Å². The van der Waals surface area contributed by atoms with Gasteiger partial charge in [-0.1, -0.05) is 6.07 Å². The van der Waals surface area contributed by atoms with E-state index in [-0.39, 0.29) is 11.4 Å². The average Bonchev–Trinajstić information content (AvgIpc) is 3.15. The molecule has 1 fully saturated rings. The summed E-state index contributed by atoms with van der Waals surface area (Å²) < 4.78 is 14.6. The molecule has 5 heteroatoms. The largest absolute Gasteiger partial charge is 0.369 e. The lowest BCUT2D eigenvalue weighted by molar-refractivity contribution is -0.112. The van der Waals surface area contributed by atoms with Crippen LogP contribution in [0.4, 0.5) is 15.8 Å². The number of benzene rings is 2. The van der Waals surface area contributed by atoms with Crippen molar-refractivity contribution in [1.29, 1.82) is 5.26 Å². The Hall–Kier alpha value is -3.13. The molecule has 0 unspecified atom stereocenters. The van der Waals surface area contributed by atoms with E-state index in [2.05, 4.69) is 5.32 Å². The van der Waals surface area contributed by atoms with Crippen molar-refractivity contribution < 1.29 is 9.18 Å². The molecule has 0 bridgehead atoms. The monoisotopic (exact) mass is 377 g/mol. The van der Waals surface area contributed by atoms with Crippen molar-refractivity contribution in [2.75, 3.05) is 23.3 Å². The molecule has 144 valence electrons. The van der Waals surface area contributed by atoms with Gasteiger partial charge >= 0.3 is 0 Å². The standard InChI is InChI=1S/C23H24FN3O/c1-15-8-16(2)10-20(9-15)26-23(28)19(14-25)12-18-13-21(24)22(11-17(18)3)27-6-4-5-7-27/h8-13H,4-7H2,1-3H3,(H,26,28)/b19-12-. The van der Waals surface area contributed by atoms with Gasteiger partial charge in [-0.15, -0.1) is 0 Å². The minimum Gasteiger partial charge on any atom is -0.369 e. The van der Waals surface area contributed by atoms with Gasteiger partial charge in [-0.3, -0.25) is 4.79 Å². The lowest BCUT2D eigenvalue weighted by Crippen LogP contribution is -2.19. The fourth-order valence-corrected chi connectivity index (χ4v) is 3.59. The van der Waals surface area contributed by atoms with Gasteiger partial charge < -0.3 is 10.2 Å². The summed E-state index contributed by atoms with van der Waals surface area (Å²) in [6.45, 7) is 7.46. The van der Waals surface area contributed by atoms with E-state index in [1.807, 2.05) is 49.9 Å². The van der Waals surface area contributed by atoms with Crippen molar-refractivity contribution >= 4 is 23.4 Å². The lowest BCUT2D eigenvalue weighted by atomic mass is 10.0. The predicted octanol–water partition coefficient (Wildman–Crippen LogP) is 4.90. The molecule has 0 atom stereocenters. The van der Waals surface area contributed by atoms with Gasteiger partial charge in [-0.05, 0) is 86.2 Å². The number of amides is 1. The molecule has 1 aliphatic heterocycles. The van der Waals surface area contributed by atoms with Crippen molar-refractivity contribution in [1.82, 2.24) is 0 Å². The summed E-state index contributed by atoms with van der Waals surface area (Å²) in [4.78, 5) is 14.6. The summed E-state index contributed by atoms with van der Waals surface area (Å²) in [7, 11) is 0. The number of aryl methyl sites for hydroxylation is 3. The van der Waals surface area contributed by atoms with Crippen LogP contribution in [0, 0.1) is 37.9 Å². The summed E-state index contributed by atoms with van der Waals surface area (Å²) in [5.74, 6) is -0.832. The summed E-state index contributed by atoms with van der Waals surface area (Å²) in [5, 5.41) is 12.2. The van der Waals surface area contributed by atoms with Gasteiger partial charge in [0.05, 0.1) is 5.69 Å². The molecule has 0 spiro atoms. The van der Waals surface area contributed by atoms with Gasteiger partial charge in [-0.25, -0.2) is 4.39 Å². The normalized spacial score (nSPS) is 14.1. The number of hydrogen-bond acceptors (Lipinski definition) is 3. The van der Waals surface area contributed by atoms with Crippen LogP contribution in [0.15, 0.2) is 35.9 Å². The zero-order valence-electron chi connectivity index (χ0n) is 16.5. The molecule has 1 N–H and O–H groups in total. The van der Waals surface area contributed by atoms with Crippen LogP contribution in [-0.2, 0) is 4.79 Å². The van der Waals surface area contributed by atoms with Crippen LogP contribution >= 0.6 is 0 Å². The minimum absolute atomic E-state index is 0.0596. The minimum atomic E-state index is -0.504. The lowest BCUT2D eigenvalue weighted by Gasteiger charge is -2.19. The Labute approximate surface area is 165 Å². The predicted molar refractivity (Wildman–Crippen MR) is 111 cm³/mol. The first-order valence-electron chi connectivity index (χ1n) is 9.44. The second-order valence-electron chi connectivity index (χ2n) is 7.35. The summed E-state index contributed by atoms with van der Waals surface area (Å²) in [5.41, 5.74) is 4.57. The van der Waals surface area contributed by atoms with E-state index in [0.29, 0.717) is 16.9 Å². The molecule has 0 aromatic heterocycles. The maximum Gasteiger partial charge on any atom is 0.266 e. The van der Waals surface area contributed by atoms with Crippen LogP contribution in [0.25, 0.3) is 6.08 Å². The highest BCUT2D eigenvalue weighted by Crippen LogP contribution is 2.28. The Balaban J connectivity index is 1.86. The number of carbonyl (C=O) groups excluding carboxylic acids is 1. The van der Waals surface area contributed by atoms with Crippen LogP contribution in [0.5, 0.6) is 0 Å². The zero-order chi connectivity index (χ0) is 20.3. The Morgan fingerprint density at radius 3 is 2.36 bits per heavy atom. The molecule has 3 rings (SSSR count). The number of hydrogen-bond donors (Lipinski definition) is 1. The van der Waals surface area contributed by atoms with Gasteiger partial charge in [0.15, 0.2) is 0 Å². The molecular weight excluding hydrogens is 353 g/mol. The maximum atomic E-state index is 14.6. The zero-order valence-corrected chi connectivity index (χ0v) is 16.5. The molecule has 1 amide bonds. The summed E-state index contributed by atoms with van der Waals surface area (Å²) >= 11 is 0. The van der Waals surface area contributed by atoms with E-state index < -0.39 is 5.91 Å². The molecule has 4 nitrogen and oxygen atoms in total. The second-order valence-corrected chi connectivity index (χ2v) is 7.35. The van der Waals surface area contributed by atoms with Gasteiger partial charge in [0.2, 0.25) is 0 Å². The summed E-state index contributed by atoms with van der Waals surface area (Å²) in [6.07, 6.45) is 3.58. The van der Waals surface area contributed by atoms with Gasteiger partial charge in [0.1, 0.15) is 17.5 Å². The molecule has 0 aliphatic carbocycles. The van der Waals surface area contributed by atoms with E-state index in [4.69, 9.17) is 0 Å². The van der Waals surface area contributed by atoms with E-state index in [0.717, 1.165) is 42.6 Å². The average molecular weight is 377 g/mol.